The third-order valence-electron chi connectivity index (χ3n) is 1.91. The highest BCUT2D eigenvalue weighted by molar-refractivity contribution is 6.30. The van der Waals surface area contributed by atoms with Gasteiger partial charge in [-0.3, -0.25) is 4.79 Å². The van der Waals surface area contributed by atoms with Crippen molar-refractivity contribution in [3.63, 3.8) is 0 Å². The highest BCUT2D eigenvalue weighted by Crippen LogP contribution is 2.28. The predicted molar refractivity (Wildman–Crippen MR) is 60.6 cm³/mol. The molecule has 0 bridgehead atoms. The Morgan fingerprint density at radius 1 is 1.40 bits per heavy atom. The van der Waals surface area contributed by atoms with E-state index in [1.807, 2.05) is 37.3 Å². The Kier molecular flexibility index (Phi) is 4.37. The van der Waals surface area contributed by atoms with E-state index in [-0.39, 0.29) is 5.97 Å². The molecule has 0 aliphatic carbocycles. The second-order valence-electron chi connectivity index (χ2n) is 3.07. The summed E-state index contributed by atoms with van der Waals surface area (Å²) < 4.78 is 5.15. The van der Waals surface area contributed by atoms with Gasteiger partial charge in [-0.25, -0.2) is 0 Å². The van der Waals surface area contributed by atoms with Crippen LogP contribution in [-0.4, -0.2) is 5.97 Å². The monoisotopic (exact) mass is 224 g/mol. The fourth-order valence-electron chi connectivity index (χ4n) is 1.23. The number of carbonyl (C=O) groups excluding carboxylic acids is 1. The largest absolute Gasteiger partial charge is 0.452 e. The van der Waals surface area contributed by atoms with Crippen molar-refractivity contribution in [3.05, 3.63) is 47.0 Å². The van der Waals surface area contributed by atoms with Crippen LogP contribution in [0.1, 0.15) is 25.5 Å². The molecule has 0 N–H and O–H groups in total. The summed E-state index contributed by atoms with van der Waals surface area (Å²) in [5.41, 5.74) is 0.871. The maximum absolute atomic E-state index is 10.9. The van der Waals surface area contributed by atoms with Gasteiger partial charge in [-0.05, 0) is 12.5 Å². The summed E-state index contributed by atoms with van der Waals surface area (Å²) in [6.45, 7) is 3.18. The van der Waals surface area contributed by atoms with Gasteiger partial charge in [-0.2, -0.15) is 0 Å². The molecule has 0 heterocycles. The average molecular weight is 225 g/mol. The van der Waals surface area contributed by atoms with Gasteiger partial charge >= 0.3 is 5.97 Å². The minimum atomic E-state index is -0.490. The van der Waals surface area contributed by atoms with Crippen molar-refractivity contribution in [1.82, 2.24) is 0 Å². The molecule has 0 aromatic heterocycles. The van der Waals surface area contributed by atoms with Gasteiger partial charge in [0.05, 0.1) is 5.03 Å². The lowest BCUT2D eigenvalue weighted by Gasteiger charge is -2.16. The Morgan fingerprint density at radius 3 is 2.47 bits per heavy atom. The van der Waals surface area contributed by atoms with Crippen molar-refractivity contribution in [2.75, 3.05) is 0 Å². The molecule has 0 aliphatic rings. The van der Waals surface area contributed by atoms with Crippen molar-refractivity contribution in [2.45, 2.75) is 20.0 Å². The highest BCUT2D eigenvalue weighted by Gasteiger charge is 2.17. The van der Waals surface area contributed by atoms with Gasteiger partial charge in [0.2, 0.25) is 0 Å². The van der Waals surface area contributed by atoms with Gasteiger partial charge in [-0.15, -0.1) is 0 Å². The summed E-state index contributed by atoms with van der Waals surface area (Å²) in [7, 11) is 0. The molecule has 3 heteroatoms. The number of benzene rings is 1. The molecule has 0 radical (unpaired) electrons. The van der Waals surface area contributed by atoms with Crippen molar-refractivity contribution in [2.24, 2.45) is 0 Å². The fraction of sp³-hybridized carbons (Fsp3) is 0.250. The third-order valence-corrected chi connectivity index (χ3v) is 2.33. The Labute approximate surface area is 94.5 Å². The number of ether oxygens (including phenoxy) is 1. The normalized spacial score (nSPS) is 13.4. The van der Waals surface area contributed by atoms with Crippen molar-refractivity contribution in [3.8, 4) is 0 Å². The standard InChI is InChI=1S/C12H13ClO2/c1-3-11(13)12(15-9(2)14)10-7-5-4-6-8-10/h3-8,12H,1-2H3/b11-3-. The maximum atomic E-state index is 10.9. The number of halogens is 1. The van der Waals surface area contributed by atoms with Crippen molar-refractivity contribution >= 4 is 17.6 Å². The molecule has 2 nitrogen and oxygen atoms in total. The van der Waals surface area contributed by atoms with Gasteiger partial charge in [0, 0.05) is 6.92 Å². The van der Waals surface area contributed by atoms with Crippen LogP contribution in [-0.2, 0) is 9.53 Å². The summed E-state index contributed by atoms with van der Waals surface area (Å²) >= 11 is 5.99. The average Bonchev–Trinajstić information content (AvgIpc) is 2.26. The smallest absolute Gasteiger partial charge is 0.303 e. The minimum absolute atomic E-state index is 0.344. The molecular weight excluding hydrogens is 212 g/mol. The Balaban J connectivity index is 2.96. The molecule has 15 heavy (non-hydrogen) atoms. The molecular formula is C12H13ClO2. The number of hydrogen-bond acceptors (Lipinski definition) is 2. The third kappa shape index (κ3) is 3.40. The molecule has 1 aromatic rings. The first kappa shape index (κ1) is 11.8. The van der Waals surface area contributed by atoms with Crippen molar-refractivity contribution in [1.29, 1.82) is 0 Å². The molecule has 80 valence electrons. The summed E-state index contributed by atoms with van der Waals surface area (Å²) in [6.07, 6.45) is 1.23. The SMILES string of the molecule is C/C=C(\Cl)C(OC(C)=O)c1ccccc1. The van der Waals surface area contributed by atoms with Crippen LogP contribution < -0.4 is 0 Å². The second-order valence-corrected chi connectivity index (χ2v) is 3.51. The molecule has 0 fully saturated rings. The Hall–Kier alpha value is -1.28. The van der Waals surface area contributed by atoms with E-state index in [9.17, 15) is 4.79 Å². The summed E-state index contributed by atoms with van der Waals surface area (Å²) in [5, 5.41) is 0.511. The van der Waals surface area contributed by atoms with Crippen LogP contribution in [0.2, 0.25) is 0 Å². The fourth-order valence-corrected chi connectivity index (χ4v) is 1.40. The number of esters is 1. The predicted octanol–water partition coefficient (Wildman–Crippen LogP) is 3.43. The van der Waals surface area contributed by atoms with E-state index in [1.165, 1.54) is 6.92 Å². The van der Waals surface area contributed by atoms with Crippen LogP contribution in [0, 0.1) is 0 Å². The van der Waals surface area contributed by atoms with E-state index in [0.717, 1.165) is 5.56 Å². The zero-order chi connectivity index (χ0) is 11.3. The first-order chi connectivity index (χ1) is 7.15. The van der Waals surface area contributed by atoms with E-state index in [2.05, 4.69) is 0 Å². The lowest BCUT2D eigenvalue weighted by molar-refractivity contribution is -0.144. The van der Waals surface area contributed by atoms with Crippen LogP contribution in [0.15, 0.2) is 41.4 Å². The number of rotatable bonds is 3. The van der Waals surface area contributed by atoms with Crippen LogP contribution in [0.25, 0.3) is 0 Å². The minimum Gasteiger partial charge on any atom is -0.452 e. The molecule has 0 spiro atoms. The number of carbonyl (C=O) groups is 1. The van der Waals surface area contributed by atoms with E-state index >= 15 is 0 Å². The Morgan fingerprint density at radius 2 is 2.00 bits per heavy atom. The molecule has 1 atom stereocenters. The zero-order valence-electron chi connectivity index (χ0n) is 8.74. The van der Waals surface area contributed by atoms with Gasteiger partial charge < -0.3 is 4.74 Å². The summed E-state index contributed by atoms with van der Waals surface area (Å²) in [4.78, 5) is 10.9. The summed E-state index contributed by atoms with van der Waals surface area (Å²) in [6, 6.07) is 9.41. The molecule has 0 amide bonds. The van der Waals surface area contributed by atoms with Crippen molar-refractivity contribution < 1.29 is 9.53 Å². The second kappa shape index (κ2) is 5.56. The topological polar surface area (TPSA) is 26.3 Å². The molecule has 0 aliphatic heterocycles. The lowest BCUT2D eigenvalue weighted by atomic mass is 10.1. The zero-order valence-corrected chi connectivity index (χ0v) is 9.49. The quantitative estimate of drug-likeness (QED) is 0.736. The maximum Gasteiger partial charge on any atom is 0.303 e. The molecule has 1 aromatic carbocycles. The van der Waals surface area contributed by atoms with E-state index in [1.54, 1.807) is 6.08 Å². The number of hydrogen-bond donors (Lipinski definition) is 0. The van der Waals surface area contributed by atoms with E-state index in [4.69, 9.17) is 16.3 Å². The molecule has 1 unspecified atom stereocenters. The van der Waals surface area contributed by atoms with Gasteiger partial charge in [0.25, 0.3) is 0 Å². The Bertz CT molecular complexity index is 357. The van der Waals surface area contributed by atoms with E-state index in [0.29, 0.717) is 5.03 Å². The van der Waals surface area contributed by atoms with Crippen LogP contribution in [0.5, 0.6) is 0 Å². The van der Waals surface area contributed by atoms with E-state index < -0.39 is 6.10 Å². The van der Waals surface area contributed by atoms with Gasteiger partial charge in [0.1, 0.15) is 0 Å². The van der Waals surface area contributed by atoms with Crippen LogP contribution >= 0.6 is 11.6 Å². The number of allylic oxidation sites excluding steroid dienone is 1. The lowest BCUT2D eigenvalue weighted by Crippen LogP contribution is -2.08. The summed E-state index contributed by atoms with van der Waals surface area (Å²) in [5.74, 6) is -0.344. The molecule has 0 saturated heterocycles. The first-order valence-corrected chi connectivity index (χ1v) is 5.06. The molecule has 0 saturated carbocycles. The van der Waals surface area contributed by atoms with Gasteiger partial charge in [-0.1, -0.05) is 48.0 Å². The first-order valence-electron chi connectivity index (χ1n) is 4.69. The molecule has 1 rings (SSSR count). The van der Waals surface area contributed by atoms with Crippen LogP contribution in [0.3, 0.4) is 0 Å². The van der Waals surface area contributed by atoms with Gasteiger partial charge in [0.15, 0.2) is 6.10 Å². The van der Waals surface area contributed by atoms with Crippen LogP contribution in [0.4, 0.5) is 0 Å². The highest BCUT2D eigenvalue weighted by atomic mass is 35.5.